The number of aromatic nitrogens is 3. The molecule has 2 N–H and O–H groups in total. The zero-order valence-electron chi connectivity index (χ0n) is 18.5. The van der Waals surface area contributed by atoms with Gasteiger partial charge in [0.1, 0.15) is 0 Å². The Morgan fingerprint density at radius 3 is 1.26 bits per heavy atom. The first-order chi connectivity index (χ1) is 16.7. The maximum absolute atomic E-state index is 9.79. The van der Waals surface area contributed by atoms with E-state index < -0.39 is 0 Å². The summed E-state index contributed by atoms with van der Waals surface area (Å²) in [7, 11) is 0. The predicted octanol–water partition coefficient (Wildman–Crippen LogP) is 5.52. The Morgan fingerprint density at radius 1 is 0.412 bits per heavy atom. The average Bonchev–Trinajstić information content (AvgIpc) is 2.93. The summed E-state index contributed by atoms with van der Waals surface area (Å²) < 4.78 is 0. The Labute approximate surface area is 198 Å². The van der Waals surface area contributed by atoms with Crippen LogP contribution in [-0.4, -0.2) is 25.2 Å². The van der Waals surface area contributed by atoms with Gasteiger partial charge in [0, 0.05) is 0 Å². The summed E-state index contributed by atoms with van der Waals surface area (Å²) in [6.45, 7) is -0.318. The molecule has 3 aromatic heterocycles. The van der Waals surface area contributed by atoms with Gasteiger partial charge in [-0.15, -0.1) is 0 Å². The number of rotatable bonds is 6. The Bertz CT molecular complexity index is 1310. The summed E-state index contributed by atoms with van der Waals surface area (Å²) >= 11 is 0. The van der Waals surface area contributed by atoms with Gasteiger partial charge in [0.05, 0.1) is 47.4 Å². The number of hydrogen-bond acceptors (Lipinski definition) is 5. The fraction of sp³-hybridized carbons (Fsp3) is 0.0690. The molecule has 2 aromatic carbocycles. The van der Waals surface area contributed by atoms with Gasteiger partial charge in [0.2, 0.25) is 0 Å². The molecule has 5 heteroatoms. The molecule has 34 heavy (non-hydrogen) atoms. The van der Waals surface area contributed by atoms with Gasteiger partial charge in [-0.25, -0.2) is 15.0 Å². The minimum Gasteiger partial charge on any atom is -0.390 e. The van der Waals surface area contributed by atoms with Gasteiger partial charge in [-0.1, -0.05) is 66.7 Å². The van der Waals surface area contributed by atoms with Crippen LogP contribution in [0.15, 0.2) is 103 Å². The van der Waals surface area contributed by atoms with E-state index in [1.165, 1.54) is 0 Å². The van der Waals surface area contributed by atoms with Crippen LogP contribution in [0.4, 0.5) is 0 Å². The summed E-state index contributed by atoms with van der Waals surface area (Å²) in [6.07, 6.45) is 0. The molecule has 0 unspecified atom stereocenters. The van der Waals surface area contributed by atoms with Gasteiger partial charge < -0.3 is 10.2 Å². The third-order valence-electron chi connectivity index (χ3n) is 5.57. The summed E-state index contributed by atoms with van der Waals surface area (Å²) in [6, 6.07) is 33.4. The second kappa shape index (κ2) is 9.75. The molecule has 0 spiro atoms. The van der Waals surface area contributed by atoms with Crippen molar-refractivity contribution in [2.45, 2.75) is 13.2 Å². The summed E-state index contributed by atoms with van der Waals surface area (Å²) in [5, 5.41) is 19.6. The van der Waals surface area contributed by atoms with Crippen LogP contribution in [0.1, 0.15) is 11.4 Å². The van der Waals surface area contributed by atoms with Crippen LogP contribution in [0, 0.1) is 0 Å². The van der Waals surface area contributed by atoms with Gasteiger partial charge in [0.15, 0.2) is 0 Å². The smallest absolute Gasteiger partial charge is 0.0896 e. The molecule has 0 atom stereocenters. The van der Waals surface area contributed by atoms with Gasteiger partial charge in [-0.3, -0.25) is 0 Å². The van der Waals surface area contributed by atoms with Crippen LogP contribution < -0.4 is 0 Å². The van der Waals surface area contributed by atoms with Gasteiger partial charge in [-0.2, -0.15) is 0 Å². The molecule has 0 aliphatic carbocycles. The molecule has 0 saturated carbocycles. The van der Waals surface area contributed by atoms with E-state index in [0.29, 0.717) is 34.2 Å². The normalized spacial score (nSPS) is 10.9. The van der Waals surface area contributed by atoms with Crippen molar-refractivity contribution in [1.82, 2.24) is 15.0 Å². The largest absolute Gasteiger partial charge is 0.390 e. The molecule has 0 aliphatic heterocycles. The highest BCUT2D eigenvalue weighted by Gasteiger charge is 2.12. The number of pyridine rings is 3. The standard InChI is InChI=1S/C29H23N3O2/c33-18-24-14-22(20-8-3-1-4-9-20)16-28(30-24)26-12-7-13-27(32-26)29-17-23(15-25(19-34)31-29)21-10-5-2-6-11-21/h1-17,33-34H,18-19H2. The molecule has 166 valence electrons. The first-order valence-electron chi connectivity index (χ1n) is 11.1. The third kappa shape index (κ3) is 4.62. The van der Waals surface area contributed by atoms with E-state index in [-0.39, 0.29) is 13.2 Å². The number of aliphatic hydroxyl groups is 2. The van der Waals surface area contributed by atoms with Crippen molar-refractivity contribution in [3.05, 3.63) is 115 Å². The van der Waals surface area contributed by atoms with Crippen molar-refractivity contribution in [1.29, 1.82) is 0 Å². The van der Waals surface area contributed by atoms with E-state index >= 15 is 0 Å². The SMILES string of the molecule is OCc1cc(-c2ccccc2)cc(-c2cccc(-c3cc(-c4ccccc4)cc(CO)n3)n2)n1. The van der Waals surface area contributed by atoms with E-state index in [1.54, 1.807) is 0 Å². The zero-order valence-corrected chi connectivity index (χ0v) is 18.5. The topological polar surface area (TPSA) is 79.1 Å². The average molecular weight is 446 g/mol. The molecule has 3 heterocycles. The Balaban J connectivity index is 1.59. The maximum Gasteiger partial charge on any atom is 0.0896 e. The highest BCUT2D eigenvalue weighted by molar-refractivity contribution is 5.73. The highest BCUT2D eigenvalue weighted by atomic mass is 16.3. The van der Waals surface area contributed by atoms with Crippen LogP contribution in [-0.2, 0) is 13.2 Å². The first-order valence-corrected chi connectivity index (χ1v) is 11.1. The van der Waals surface area contributed by atoms with Crippen LogP contribution >= 0.6 is 0 Å². The lowest BCUT2D eigenvalue weighted by Gasteiger charge is -2.11. The third-order valence-corrected chi connectivity index (χ3v) is 5.57. The van der Waals surface area contributed by atoms with Crippen LogP contribution in [0.5, 0.6) is 0 Å². The zero-order chi connectivity index (χ0) is 23.3. The lowest BCUT2D eigenvalue weighted by molar-refractivity contribution is 0.277. The number of benzene rings is 2. The second-order valence-corrected chi connectivity index (χ2v) is 7.92. The van der Waals surface area contributed by atoms with Crippen molar-refractivity contribution >= 4 is 0 Å². The molecule has 0 bridgehead atoms. The Hall–Kier alpha value is -4.19. The molecule has 0 saturated heterocycles. The Morgan fingerprint density at radius 2 is 0.853 bits per heavy atom. The molecule has 0 amide bonds. The lowest BCUT2D eigenvalue weighted by Crippen LogP contribution is -1.98. The molecule has 0 radical (unpaired) electrons. The molecule has 0 fully saturated rings. The van der Waals surface area contributed by atoms with Crippen LogP contribution in [0.3, 0.4) is 0 Å². The number of hydrogen-bond donors (Lipinski definition) is 2. The maximum atomic E-state index is 9.79. The second-order valence-electron chi connectivity index (χ2n) is 7.92. The van der Waals surface area contributed by atoms with E-state index in [4.69, 9.17) is 4.98 Å². The van der Waals surface area contributed by atoms with Crippen molar-refractivity contribution in [3.63, 3.8) is 0 Å². The van der Waals surface area contributed by atoms with Crippen molar-refractivity contribution in [2.75, 3.05) is 0 Å². The van der Waals surface area contributed by atoms with Crippen molar-refractivity contribution in [3.8, 4) is 45.0 Å². The molecule has 0 aliphatic rings. The van der Waals surface area contributed by atoms with Gasteiger partial charge in [-0.05, 0) is 58.7 Å². The van der Waals surface area contributed by atoms with E-state index in [9.17, 15) is 10.2 Å². The van der Waals surface area contributed by atoms with E-state index in [0.717, 1.165) is 22.3 Å². The molecular formula is C29H23N3O2. The quantitative estimate of drug-likeness (QED) is 0.360. The van der Waals surface area contributed by atoms with E-state index in [1.807, 2.05) is 103 Å². The number of nitrogens with zero attached hydrogens (tertiary/aromatic N) is 3. The molecule has 5 nitrogen and oxygen atoms in total. The Kier molecular flexibility index (Phi) is 6.21. The fourth-order valence-corrected chi connectivity index (χ4v) is 3.91. The van der Waals surface area contributed by atoms with Gasteiger partial charge >= 0.3 is 0 Å². The summed E-state index contributed by atoms with van der Waals surface area (Å²) in [4.78, 5) is 14.1. The predicted molar refractivity (Wildman–Crippen MR) is 133 cm³/mol. The number of aliphatic hydroxyl groups excluding tert-OH is 2. The van der Waals surface area contributed by atoms with Crippen LogP contribution in [0.25, 0.3) is 45.0 Å². The van der Waals surface area contributed by atoms with Crippen molar-refractivity contribution in [2.24, 2.45) is 0 Å². The molecular weight excluding hydrogens is 422 g/mol. The highest BCUT2D eigenvalue weighted by Crippen LogP contribution is 2.29. The molecule has 5 rings (SSSR count). The monoisotopic (exact) mass is 445 g/mol. The first kappa shape index (κ1) is 21.6. The minimum absolute atomic E-state index is 0.159. The summed E-state index contributed by atoms with van der Waals surface area (Å²) in [5.74, 6) is 0. The molecule has 5 aromatic rings. The minimum atomic E-state index is -0.159. The van der Waals surface area contributed by atoms with Crippen molar-refractivity contribution < 1.29 is 10.2 Å². The van der Waals surface area contributed by atoms with Crippen LogP contribution in [0.2, 0.25) is 0 Å². The van der Waals surface area contributed by atoms with Gasteiger partial charge in [0.25, 0.3) is 0 Å². The fourth-order valence-electron chi connectivity index (χ4n) is 3.91. The lowest BCUT2D eigenvalue weighted by atomic mass is 10.0. The summed E-state index contributed by atoms with van der Waals surface area (Å²) in [5.41, 5.74) is 7.89. The van der Waals surface area contributed by atoms with E-state index in [2.05, 4.69) is 9.97 Å².